The van der Waals surface area contributed by atoms with Crippen molar-refractivity contribution in [3.8, 4) is 0 Å². The Hall–Kier alpha value is -2.48. The molecule has 0 aromatic heterocycles. The Morgan fingerprint density at radius 3 is 2.62 bits per heavy atom. The summed E-state index contributed by atoms with van der Waals surface area (Å²) < 4.78 is 4.73. The van der Waals surface area contributed by atoms with E-state index in [0.29, 0.717) is 5.56 Å². The quantitative estimate of drug-likeness (QED) is 0.610. The lowest BCUT2D eigenvalue weighted by atomic mass is 10.1. The standard InChI is InChI=1S/C13H17N3O5/c1-14-13(18)9-4-5-10(11(6-9)16(19)20)7-15(2)12(17)8-21-3/h4-6H,7-8H2,1-3H3,(H,14,18). The molecule has 1 N–H and O–H groups in total. The van der Waals surface area contributed by atoms with E-state index in [1.807, 2.05) is 0 Å². The van der Waals surface area contributed by atoms with Gasteiger partial charge in [0.2, 0.25) is 5.91 Å². The molecule has 8 nitrogen and oxygen atoms in total. The maximum Gasteiger partial charge on any atom is 0.275 e. The van der Waals surface area contributed by atoms with Crippen LogP contribution in [-0.2, 0) is 16.1 Å². The summed E-state index contributed by atoms with van der Waals surface area (Å²) in [6.07, 6.45) is 0. The van der Waals surface area contributed by atoms with Crippen molar-refractivity contribution in [3.63, 3.8) is 0 Å². The largest absolute Gasteiger partial charge is 0.375 e. The first kappa shape index (κ1) is 16.6. The molecular formula is C13H17N3O5. The average molecular weight is 295 g/mol. The molecule has 0 radical (unpaired) electrons. The van der Waals surface area contributed by atoms with Crippen LogP contribution in [0, 0.1) is 10.1 Å². The van der Waals surface area contributed by atoms with Gasteiger partial charge in [-0.1, -0.05) is 0 Å². The molecular weight excluding hydrogens is 278 g/mol. The average Bonchev–Trinajstić information content (AvgIpc) is 2.46. The predicted octanol–water partition coefficient (Wildman–Crippen LogP) is 0.559. The van der Waals surface area contributed by atoms with Gasteiger partial charge in [-0.05, 0) is 12.1 Å². The van der Waals surface area contributed by atoms with Gasteiger partial charge in [0, 0.05) is 38.4 Å². The summed E-state index contributed by atoms with van der Waals surface area (Å²) in [4.78, 5) is 35.0. The van der Waals surface area contributed by atoms with E-state index in [2.05, 4.69) is 5.32 Å². The molecule has 8 heteroatoms. The summed E-state index contributed by atoms with van der Waals surface area (Å²) in [6, 6.07) is 4.15. The van der Waals surface area contributed by atoms with Gasteiger partial charge in [-0.2, -0.15) is 0 Å². The molecule has 21 heavy (non-hydrogen) atoms. The first-order chi connectivity index (χ1) is 9.90. The second-order valence-corrected chi connectivity index (χ2v) is 4.36. The smallest absolute Gasteiger partial charge is 0.275 e. The Kier molecular flexibility index (Phi) is 5.79. The van der Waals surface area contributed by atoms with Gasteiger partial charge >= 0.3 is 0 Å². The van der Waals surface area contributed by atoms with Gasteiger partial charge in [0.25, 0.3) is 11.6 Å². The fourth-order valence-corrected chi connectivity index (χ4v) is 1.73. The molecule has 0 spiro atoms. The van der Waals surface area contributed by atoms with Crippen molar-refractivity contribution >= 4 is 17.5 Å². The molecule has 0 atom stereocenters. The highest BCUT2D eigenvalue weighted by molar-refractivity contribution is 5.94. The Morgan fingerprint density at radius 1 is 1.43 bits per heavy atom. The normalized spacial score (nSPS) is 10.0. The lowest BCUT2D eigenvalue weighted by Crippen LogP contribution is -2.29. The summed E-state index contributed by atoms with van der Waals surface area (Å²) in [5.74, 6) is -0.698. The summed E-state index contributed by atoms with van der Waals surface area (Å²) in [5, 5.41) is 13.5. The van der Waals surface area contributed by atoms with Crippen LogP contribution in [0.2, 0.25) is 0 Å². The third kappa shape index (κ3) is 4.25. The number of amides is 2. The van der Waals surface area contributed by atoms with E-state index in [1.165, 1.54) is 44.3 Å². The summed E-state index contributed by atoms with van der Waals surface area (Å²) in [7, 11) is 4.36. The molecule has 0 fully saturated rings. The highest BCUT2D eigenvalue weighted by Gasteiger charge is 2.19. The molecule has 0 saturated heterocycles. The van der Waals surface area contributed by atoms with Crippen molar-refractivity contribution < 1.29 is 19.2 Å². The van der Waals surface area contributed by atoms with Gasteiger partial charge < -0.3 is 15.0 Å². The van der Waals surface area contributed by atoms with Crippen molar-refractivity contribution in [3.05, 3.63) is 39.4 Å². The van der Waals surface area contributed by atoms with Crippen molar-refractivity contribution in [2.45, 2.75) is 6.54 Å². The maximum absolute atomic E-state index is 11.6. The molecule has 0 unspecified atom stereocenters. The molecule has 1 aromatic rings. The maximum atomic E-state index is 11.6. The van der Waals surface area contributed by atoms with Crippen LogP contribution < -0.4 is 5.32 Å². The Balaban J connectivity index is 3.04. The molecule has 0 heterocycles. The number of nitro benzene ring substituents is 1. The molecule has 2 amide bonds. The van der Waals surface area contributed by atoms with E-state index in [4.69, 9.17) is 4.74 Å². The highest BCUT2D eigenvalue weighted by atomic mass is 16.6. The number of benzene rings is 1. The number of nitro groups is 1. The number of hydrogen-bond acceptors (Lipinski definition) is 5. The van der Waals surface area contributed by atoms with Gasteiger partial charge in [-0.15, -0.1) is 0 Å². The van der Waals surface area contributed by atoms with Crippen LogP contribution in [0.3, 0.4) is 0 Å². The highest BCUT2D eigenvalue weighted by Crippen LogP contribution is 2.21. The van der Waals surface area contributed by atoms with Gasteiger partial charge in [0.1, 0.15) is 6.61 Å². The zero-order valence-corrected chi connectivity index (χ0v) is 12.1. The van der Waals surface area contributed by atoms with Gasteiger partial charge in [0.05, 0.1) is 11.5 Å². The van der Waals surface area contributed by atoms with Crippen molar-refractivity contribution in [2.75, 3.05) is 27.8 Å². The third-order valence-electron chi connectivity index (χ3n) is 2.87. The number of nitrogens with zero attached hydrogens (tertiary/aromatic N) is 2. The van der Waals surface area contributed by atoms with Crippen LogP contribution in [0.5, 0.6) is 0 Å². The van der Waals surface area contributed by atoms with E-state index in [9.17, 15) is 19.7 Å². The molecule has 0 saturated carbocycles. The molecule has 0 bridgehead atoms. The fourth-order valence-electron chi connectivity index (χ4n) is 1.73. The van der Waals surface area contributed by atoms with Crippen LogP contribution in [0.15, 0.2) is 18.2 Å². The summed E-state index contributed by atoms with van der Waals surface area (Å²) in [6.45, 7) is -0.0346. The predicted molar refractivity (Wildman–Crippen MR) is 74.8 cm³/mol. The van der Waals surface area contributed by atoms with Crippen LogP contribution in [-0.4, -0.2) is 49.4 Å². The molecule has 0 aliphatic rings. The first-order valence-electron chi connectivity index (χ1n) is 6.13. The molecule has 114 valence electrons. The number of methoxy groups -OCH3 is 1. The SMILES string of the molecule is CNC(=O)c1ccc(CN(C)C(=O)COC)c([N+](=O)[O-])c1. The minimum atomic E-state index is -0.573. The zero-order chi connectivity index (χ0) is 16.0. The van der Waals surface area contributed by atoms with Crippen LogP contribution >= 0.6 is 0 Å². The van der Waals surface area contributed by atoms with Crippen molar-refractivity contribution in [1.29, 1.82) is 0 Å². The van der Waals surface area contributed by atoms with E-state index < -0.39 is 10.8 Å². The fraction of sp³-hybridized carbons (Fsp3) is 0.385. The number of hydrogen-bond donors (Lipinski definition) is 1. The lowest BCUT2D eigenvalue weighted by Gasteiger charge is -2.17. The minimum absolute atomic E-state index is 0.0620. The molecule has 1 rings (SSSR count). The number of nitrogens with one attached hydrogen (secondary N) is 1. The number of rotatable bonds is 6. The summed E-state index contributed by atoms with van der Waals surface area (Å²) in [5.41, 5.74) is 0.339. The molecule has 0 aliphatic carbocycles. The Morgan fingerprint density at radius 2 is 2.10 bits per heavy atom. The number of carbonyl (C=O) groups excluding carboxylic acids is 2. The van der Waals surface area contributed by atoms with Crippen LogP contribution in [0.25, 0.3) is 0 Å². The first-order valence-corrected chi connectivity index (χ1v) is 6.13. The zero-order valence-electron chi connectivity index (χ0n) is 12.1. The van der Waals surface area contributed by atoms with Gasteiger partial charge in [-0.25, -0.2) is 0 Å². The number of ether oxygens (including phenoxy) is 1. The monoisotopic (exact) mass is 295 g/mol. The number of carbonyl (C=O) groups is 2. The van der Waals surface area contributed by atoms with Gasteiger partial charge in [-0.3, -0.25) is 19.7 Å². The van der Waals surface area contributed by atoms with E-state index in [-0.39, 0.29) is 30.3 Å². The Labute approximate surface area is 121 Å². The molecule has 0 aliphatic heterocycles. The minimum Gasteiger partial charge on any atom is -0.375 e. The van der Waals surface area contributed by atoms with Gasteiger partial charge in [0.15, 0.2) is 0 Å². The molecule has 1 aromatic carbocycles. The summed E-state index contributed by atoms with van der Waals surface area (Å²) >= 11 is 0. The van der Waals surface area contributed by atoms with E-state index >= 15 is 0 Å². The third-order valence-corrected chi connectivity index (χ3v) is 2.87. The van der Waals surface area contributed by atoms with Crippen LogP contribution in [0.4, 0.5) is 5.69 Å². The van der Waals surface area contributed by atoms with E-state index in [0.717, 1.165) is 0 Å². The number of likely N-dealkylation sites (N-methyl/N-ethyl adjacent to an activating group) is 1. The van der Waals surface area contributed by atoms with Crippen molar-refractivity contribution in [2.24, 2.45) is 0 Å². The van der Waals surface area contributed by atoms with Crippen molar-refractivity contribution in [1.82, 2.24) is 10.2 Å². The Bertz CT molecular complexity index is 559. The van der Waals surface area contributed by atoms with Crippen LogP contribution in [0.1, 0.15) is 15.9 Å². The second kappa shape index (κ2) is 7.34. The lowest BCUT2D eigenvalue weighted by molar-refractivity contribution is -0.385. The van der Waals surface area contributed by atoms with E-state index in [1.54, 1.807) is 0 Å². The second-order valence-electron chi connectivity index (χ2n) is 4.36. The topological polar surface area (TPSA) is 102 Å².